The molecule has 0 aliphatic rings. The molecule has 70 valence electrons. The van der Waals surface area contributed by atoms with Crippen molar-refractivity contribution in [2.75, 3.05) is 0 Å². The minimum absolute atomic E-state index is 0.156. The van der Waals surface area contributed by atoms with E-state index in [-0.39, 0.29) is 5.97 Å². The van der Waals surface area contributed by atoms with Crippen LogP contribution in [0.1, 0.15) is 25.3 Å². The van der Waals surface area contributed by atoms with Crippen molar-refractivity contribution in [1.29, 1.82) is 0 Å². The quantitative estimate of drug-likeness (QED) is 0.525. The maximum atomic E-state index is 11.1. The van der Waals surface area contributed by atoms with Crippen molar-refractivity contribution >= 4 is 5.97 Å². The summed E-state index contributed by atoms with van der Waals surface area (Å²) >= 11 is 0. The second kappa shape index (κ2) is 4.65. The molecule has 0 N–H and O–H groups in total. The largest absolute Gasteiger partial charge is 0.426 e. The number of aryl methyl sites for hydroxylation is 1. The summed E-state index contributed by atoms with van der Waals surface area (Å²) in [5.41, 5.74) is 0.993. The molecular formula is C11H14O2. The number of rotatable bonds is 3. The molecule has 0 spiro atoms. The molecule has 1 rings (SSSR count). The van der Waals surface area contributed by atoms with E-state index in [0.29, 0.717) is 12.2 Å². The zero-order valence-corrected chi connectivity index (χ0v) is 8.04. The van der Waals surface area contributed by atoms with Crippen LogP contribution in [-0.2, 0) is 4.79 Å². The first-order valence-corrected chi connectivity index (χ1v) is 4.50. The SMILES string of the molecule is CCCC(=O)Oc1ccccc1C. The van der Waals surface area contributed by atoms with Crippen LogP contribution in [0.4, 0.5) is 0 Å². The summed E-state index contributed by atoms with van der Waals surface area (Å²) in [6, 6.07) is 7.52. The van der Waals surface area contributed by atoms with Gasteiger partial charge < -0.3 is 4.74 Å². The number of esters is 1. The predicted molar refractivity (Wildman–Crippen MR) is 51.7 cm³/mol. The number of para-hydroxylation sites is 1. The van der Waals surface area contributed by atoms with Crippen LogP contribution in [0, 0.1) is 6.92 Å². The normalized spacial score (nSPS) is 9.69. The van der Waals surface area contributed by atoms with Gasteiger partial charge in [0, 0.05) is 6.42 Å². The maximum Gasteiger partial charge on any atom is 0.311 e. The number of hydrogen-bond donors (Lipinski definition) is 0. The fraction of sp³-hybridized carbons (Fsp3) is 0.364. The van der Waals surface area contributed by atoms with Crippen LogP contribution in [-0.4, -0.2) is 5.97 Å². The molecule has 0 bridgehead atoms. The molecule has 0 aromatic heterocycles. The molecule has 0 aliphatic carbocycles. The van der Waals surface area contributed by atoms with E-state index in [1.54, 1.807) is 0 Å². The number of ether oxygens (including phenoxy) is 1. The van der Waals surface area contributed by atoms with Crippen LogP contribution in [0.25, 0.3) is 0 Å². The molecule has 0 atom stereocenters. The van der Waals surface area contributed by atoms with Gasteiger partial charge in [0.1, 0.15) is 5.75 Å². The first-order valence-electron chi connectivity index (χ1n) is 4.50. The van der Waals surface area contributed by atoms with Gasteiger partial charge in [0.05, 0.1) is 0 Å². The lowest BCUT2D eigenvalue weighted by Crippen LogP contribution is -2.07. The average Bonchev–Trinajstić information content (AvgIpc) is 2.09. The molecule has 0 saturated heterocycles. The molecule has 0 amide bonds. The third-order valence-electron chi connectivity index (χ3n) is 1.77. The monoisotopic (exact) mass is 178 g/mol. The first-order chi connectivity index (χ1) is 6.24. The van der Waals surface area contributed by atoms with Crippen LogP contribution in [0.5, 0.6) is 5.75 Å². The molecule has 0 heterocycles. The Hall–Kier alpha value is -1.31. The van der Waals surface area contributed by atoms with Gasteiger partial charge in [0.2, 0.25) is 0 Å². The van der Waals surface area contributed by atoms with Crippen molar-refractivity contribution in [3.8, 4) is 5.75 Å². The van der Waals surface area contributed by atoms with Gasteiger partial charge in [-0.3, -0.25) is 4.79 Å². The summed E-state index contributed by atoms with van der Waals surface area (Å²) < 4.78 is 5.15. The second-order valence-electron chi connectivity index (χ2n) is 2.99. The number of benzene rings is 1. The van der Waals surface area contributed by atoms with E-state index in [4.69, 9.17) is 4.74 Å². The smallest absolute Gasteiger partial charge is 0.311 e. The van der Waals surface area contributed by atoms with E-state index in [1.807, 2.05) is 38.1 Å². The molecule has 2 heteroatoms. The fourth-order valence-electron chi connectivity index (χ4n) is 1.05. The maximum absolute atomic E-state index is 11.1. The van der Waals surface area contributed by atoms with Crippen LogP contribution in [0.2, 0.25) is 0 Å². The Bertz CT molecular complexity index is 292. The van der Waals surface area contributed by atoms with E-state index in [1.165, 1.54) is 0 Å². The molecule has 0 radical (unpaired) electrons. The van der Waals surface area contributed by atoms with Gasteiger partial charge in [-0.05, 0) is 25.0 Å². The van der Waals surface area contributed by atoms with E-state index in [0.717, 1.165) is 12.0 Å². The Kier molecular flexibility index (Phi) is 3.50. The Labute approximate surface area is 78.5 Å². The van der Waals surface area contributed by atoms with Gasteiger partial charge in [-0.1, -0.05) is 25.1 Å². The lowest BCUT2D eigenvalue weighted by Gasteiger charge is -2.05. The molecular weight excluding hydrogens is 164 g/mol. The van der Waals surface area contributed by atoms with Gasteiger partial charge in [-0.2, -0.15) is 0 Å². The topological polar surface area (TPSA) is 26.3 Å². The van der Waals surface area contributed by atoms with Gasteiger partial charge >= 0.3 is 5.97 Å². The summed E-state index contributed by atoms with van der Waals surface area (Å²) in [4.78, 5) is 11.1. The van der Waals surface area contributed by atoms with Gasteiger partial charge in [-0.15, -0.1) is 0 Å². The molecule has 1 aromatic rings. The van der Waals surface area contributed by atoms with E-state index < -0.39 is 0 Å². The minimum Gasteiger partial charge on any atom is -0.426 e. The highest BCUT2D eigenvalue weighted by Gasteiger charge is 2.04. The summed E-state index contributed by atoms with van der Waals surface area (Å²) in [6.45, 7) is 3.88. The molecule has 1 aromatic carbocycles. The summed E-state index contributed by atoms with van der Waals surface area (Å²) in [5, 5.41) is 0. The van der Waals surface area contributed by atoms with Crippen LogP contribution in [0.15, 0.2) is 24.3 Å². The van der Waals surface area contributed by atoms with Crippen LogP contribution in [0.3, 0.4) is 0 Å². The summed E-state index contributed by atoms with van der Waals surface area (Å²) in [6.07, 6.45) is 1.30. The second-order valence-corrected chi connectivity index (χ2v) is 2.99. The van der Waals surface area contributed by atoms with Gasteiger partial charge in [0.25, 0.3) is 0 Å². The van der Waals surface area contributed by atoms with Gasteiger partial charge in [-0.25, -0.2) is 0 Å². The Balaban J connectivity index is 2.63. The zero-order valence-electron chi connectivity index (χ0n) is 8.04. The van der Waals surface area contributed by atoms with Crippen LogP contribution >= 0.6 is 0 Å². The van der Waals surface area contributed by atoms with Crippen molar-refractivity contribution in [2.24, 2.45) is 0 Å². The fourth-order valence-corrected chi connectivity index (χ4v) is 1.05. The predicted octanol–water partition coefficient (Wildman–Crippen LogP) is 2.70. The molecule has 2 nitrogen and oxygen atoms in total. The lowest BCUT2D eigenvalue weighted by atomic mass is 10.2. The van der Waals surface area contributed by atoms with Crippen molar-refractivity contribution in [3.05, 3.63) is 29.8 Å². The molecule has 0 fully saturated rings. The van der Waals surface area contributed by atoms with Crippen molar-refractivity contribution in [3.63, 3.8) is 0 Å². The van der Waals surface area contributed by atoms with E-state index in [2.05, 4.69) is 0 Å². The lowest BCUT2D eigenvalue weighted by molar-refractivity contribution is -0.134. The van der Waals surface area contributed by atoms with Crippen molar-refractivity contribution in [2.45, 2.75) is 26.7 Å². The standard InChI is InChI=1S/C11H14O2/c1-3-6-11(12)13-10-8-5-4-7-9(10)2/h4-5,7-8H,3,6H2,1-2H3. The van der Waals surface area contributed by atoms with Crippen molar-refractivity contribution in [1.82, 2.24) is 0 Å². The average molecular weight is 178 g/mol. The zero-order chi connectivity index (χ0) is 9.68. The minimum atomic E-state index is -0.156. The highest BCUT2D eigenvalue weighted by molar-refractivity contribution is 5.72. The third-order valence-corrected chi connectivity index (χ3v) is 1.77. The Morgan fingerprint density at radius 2 is 2.08 bits per heavy atom. The molecule has 13 heavy (non-hydrogen) atoms. The highest BCUT2D eigenvalue weighted by Crippen LogP contribution is 2.16. The molecule has 0 aliphatic heterocycles. The molecule has 0 saturated carbocycles. The third kappa shape index (κ3) is 2.90. The summed E-state index contributed by atoms with van der Waals surface area (Å²) in [7, 11) is 0. The summed E-state index contributed by atoms with van der Waals surface area (Å²) in [5.74, 6) is 0.512. The van der Waals surface area contributed by atoms with Gasteiger partial charge in [0.15, 0.2) is 0 Å². The highest BCUT2D eigenvalue weighted by atomic mass is 16.5. The number of carbonyl (C=O) groups is 1. The van der Waals surface area contributed by atoms with Crippen LogP contribution < -0.4 is 4.74 Å². The number of hydrogen-bond acceptors (Lipinski definition) is 2. The Morgan fingerprint density at radius 3 is 2.69 bits per heavy atom. The van der Waals surface area contributed by atoms with E-state index in [9.17, 15) is 4.79 Å². The number of carbonyl (C=O) groups excluding carboxylic acids is 1. The first kappa shape index (κ1) is 9.78. The molecule has 0 unspecified atom stereocenters. The Morgan fingerprint density at radius 1 is 1.38 bits per heavy atom. The van der Waals surface area contributed by atoms with Crippen molar-refractivity contribution < 1.29 is 9.53 Å². The van der Waals surface area contributed by atoms with E-state index >= 15 is 0 Å².